The Morgan fingerprint density at radius 3 is 1.92 bits per heavy atom. The number of aliphatic carboxylic acids is 1. The predicted octanol–water partition coefficient (Wildman–Crippen LogP) is 9.71. The first-order chi connectivity index (χ1) is 23.4. The molecule has 7 nitrogen and oxygen atoms in total. The molecule has 1 heterocycles. The minimum atomic E-state index is -0.686. The Bertz CT molecular complexity index is 792. The molecule has 1 aliphatic heterocycles. The van der Waals surface area contributed by atoms with E-state index in [0.29, 0.717) is 25.0 Å². The summed E-state index contributed by atoms with van der Waals surface area (Å²) in [6.07, 6.45) is 30.3. The van der Waals surface area contributed by atoms with Crippen molar-refractivity contribution in [3.05, 3.63) is 0 Å². The van der Waals surface area contributed by atoms with Crippen molar-refractivity contribution in [3.63, 3.8) is 0 Å². The summed E-state index contributed by atoms with van der Waals surface area (Å²) in [4.78, 5) is 31.7. The zero-order chi connectivity index (χ0) is 34.7. The molecular formula is C41H79N3O4. The summed E-state index contributed by atoms with van der Waals surface area (Å²) in [7, 11) is 2.31. The normalized spacial score (nSPS) is 18.0. The maximum Gasteiger partial charge on any atom is 0.305 e. The lowest BCUT2D eigenvalue weighted by atomic mass is 9.90. The summed E-state index contributed by atoms with van der Waals surface area (Å²) >= 11 is 0. The molecule has 0 bridgehead atoms. The number of hydrogen-bond acceptors (Lipinski definition) is 6. The maximum atomic E-state index is 12.7. The van der Waals surface area contributed by atoms with E-state index in [2.05, 4.69) is 35.6 Å². The van der Waals surface area contributed by atoms with E-state index in [-0.39, 0.29) is 12.4 Å². The van der Waals surface area contributed by atoms with Crippen LogP contribution in [0.15, 0.2) is 0 Å². The fourth-order valence-electron chi connectivity index (χ4n) is 7.66. The number of ether oxygens (including phenoxy) is 1. The van der Waals surface area contributed by atoms with Crippen LogP contribution in [0.4, 0.5) is 0 Å². The van der Waals surface area contributed by atoms with Crippen molar-refractivity contribution in [2.45, 2.75) is 193 Å². The van der Waals surface area contributed by atoms with Gasteiger partial charge in [-0.1, -0.05) is 104 Å². The number of unbranched alkanes of at least 4 members (excludes halogenated alkanes) is 12. The van der Waals surface area contributed by atoms with Crippen molar-refractivity contribution in [2.24, 2.45) is 5.92 Å². The van der Waals surface area contributed by atoms with Crippen molar-refractivity contribution < 1.29 is 19.4 Å². The summed E-state index contributed by atoms with van der Waals surface area (Å²) < 4.78 is 5.85. The molecule has 2 atom stereocenters. The number of carboxylic acid groups (broad SMARTS) is 1. The van der Waals surface area contributed by atoms with Gasteiger partial charge in [-0.25, -0.2) is 0 Å². The average Bonchev–Trinajstić information content (AvgIpc) is 3.04. The Hall–Kier alpha value is -1.18. The van der Waals surface area contributed by atoms with Crippen LogP contribution in [0.25, 0.3) is 0 Å². The van der Waals surface area contributed by atoms with Crippen molar-refractivity contribution in [1.82, 2.24) is 14.7 Å². The fraction of sp³-hybridized carbons (Fsp3) is 0.951. The Labute approximate surface area is 297 Å². The Morgan fingerprint density at radius 1 is 0.708 bits per heavy atom. The summed E-state index contributed by atoms with van der Waals surface area (Å²) in [5, 5.41) is 9.04. The molecular weight excluding hydrogens is 598 g/mol. The monoisotopic (exact) mass is 678 g/mol. The molecule has 2 aliphatic rings. The molecule has 0 aromatic heterocycles. The number of carbonyl (C=O) groups is 2. The van der Waals surface area contributed by atoms with Crippen LogP contribution in [0.3, 0.4) is 0 Å². The zero-order valence-electron chi connectivity index (χ0n) is 32.1. The standard InChI is InChI=1S/C41H79N3O4/c1-4-6-8-10-11-15-24-37(23-14-9-7-5-2)36-48-41(47)29-17-13-20-32-43(31-19-12-16-28-40(45)46)33-34-44(38-26-22-27-38)35-39-25-18-21-30-42(39)3/h37-39H,4-36H2,1-3H3,(H,45,46). The van der Waals surface area contributed by atoms with E-state index in [0.717, 1.165) is 70.7 Å². The number of esters is 1. The second-order valence-corrected chi connectivity index (χ2v) is 15.5. The lowest BCUT2D eigenvalue weighted by molar-refractivity contribution is -0.145. The molecule has 1 aliphatic carbocycles. The number of nitrogens with zero attached hydrogens (tertiary/aromatic N) is 3. The molecule has 282 valence electrons. The van der Waals surface area contributed by atoms with Gasteiger partial charge in [0.15, 0.2) is 0 Å². The number of likely N-dealkylation sites (N-methyl/N-ethyl adjacent to an activating group) is 1. The largest absolute Gasteiger partial charge is 0.481 e. The highest BCUT2D eigenvalue weighted by Crippen LogP contribution is 2.27. The third-order valence-corrected chi connectivity index (χ3v) is 11.3. The molecule has 7 heteroatoms. The smallest absolute Gasteiger partial charge is 0.305 e. The third kappa shape index (κ3) is 21.1. The summed E-state index contributed by atoms with van der Waals surface area (Å²) in [5.41, 5.74) is 0. The molecule has 2 fully saturated rings. The van der Waals surface area contributed by atoms with E-state index in [1.807, 2.05) is 0 Å². The van der Waals surface area contributed by atoms with Gasteiger partial charge in [0.25, 0.3) is 0 Å². The maximum absolute atomic E-state index is 12.7. The summed E-state index contributed by atoms with van der Waals surface area (Å²) in [6.45, 7) is 11.9. The van der Waals surface area contributed by atoms with Crippen LogP contribution in [-0.2, 0) is 14.3 Å². The van der Waals surface area contributed by atoms with E-state index in [4.69, 9.17) is 9.84 Å². The zero-order valence-corrected chi connectivity index (χ0v) is 32.1. The lowest BCUT2D eigenvalue weighted by Crippen LogP contribution is -2.51. The van der Waals surface area contributed by atoms with Crippen LogP contribution in [-0.4, -0.2) is 96.8 Å². The molecule has 2 unspecified atom stereocenters. The van der Waals surface area contributed by atoms with Crippen LogP contribution in [0.1, 0.15) is 181 Å². The second-order valence-electron chi connectivity index (χ2n) is 15.5. The van der Waals surface area contributed by atoms with E-state index in [9.17, 15) is 9.59 Å². The van der Waals surface area contributed by atoms with Crippen LogP contribution in [0.5, 0.6) is 0 Å². The highest BCUT2D eigenvalue weighted by Gasteiger charge is 2.29. The summed E-state index contributed by atoms with van der Waals surface area (Å²) in [5.74, 6) is -0.163. The molecule has 48 heavy (non-hydrogen) atoms. The molecule has 2 rings (SSSR count). The quantitative estimate of drug-likeness (QED) is 0.0561. The van der Waals surface area contributed by atoms with E-state index in [1.165, 1.54) is 129 Å². The number of likely N-dealkylation sites (tertiary alicyclic amines) is 1. The van der Waals surface area contributed by atoms with Crippen LogP contribution >= 0.6 is 0 Å². The fourth-order valence-corrected chi connectivity index (χ4v) is 7.66. The minimum Gasteiger partial charge on any atom is -0.481 e. The highest BCUT2D eigenvalue weighted by molar-refractivity contribution is 5.69. The van der Waals surface area contributed by atoms with Gasteiger partial charge in [-0.3, -0.25) is 14.5 Å². The van der Waals surface area contributed by atoms with E-state index >= 15 is 0 Å². The predicted molar refractivity (Wildman–Crippen MR) is 202 cm³/mol. The molecule has 0 amide bonds. The molecule has 0 radical (unpaired) electrons. The lowest BCUT2D eigenvalue weighted by Gasteiger charge is -2.43. The van der Waals surface area contributed by atoms with Gasteiger partial charge in [0.1, 0.15) is 0 Å². The van der Waals surface area contributed by atoms with E-state index in [1.54, 1.807) is 0 Å². The van der Waals surface area contributed by atoms with Gasteiger partial charge in [0.2, 0.25) is 0 Å². The molecule has 0 aromatic carbocycles. The molecule has 1 saturated carbocycles. The van der Waals surface area contributed by atoms with Gasteiger partial charge in [0.05, 0.1) is 6.61 Å². The van der Waals surface area contributed by atoms with Gasteiger partial charge < -0.3 is 19.6 Å². The molecule has 0 spiro atoms. The SMILES string of the molecule is CCCCCCCCC(CCCCCC)COC(=O)CCCCCN(CCCCCC(=O)O)CCN(CC1CCCCN1C)C1CCC1. The Kier molecular flexibility index (Phi) is 25.5. The van der Waals surface area contributed by atoms with Gasteiger partial charge in [-0.2, -0.15) is 0 Å². The highest BCUT2D eigenvalue weighted by atomic mass is 16.5. The van der Waals surface area contributed by atoms with Crippen molar-refractivity contribution in [2.75, 3.05) is 52.9 Å². The van der Waals surface area contributed by atoms with Gasteiger partial charge in [0, 0.05) is 44.6 Å². The van der Waals surface area contributed by atoms with Gasteiger partial charge in [-0.15, -0.1) is 0 Å². The first kappa shape index (κ1) is 43.0. The summed E-state index contributed by atoms with van der Waals surface area (Å²) in [6, 6.07) is 1.45. The van der Waals surface area contributed by atoms with Crippen LogP contribution in [0, 0.1) is 5.92 Å². The minimum absolute atomic E-state index is 0.00406. The van der Waals surface area contributed by atoms with Gasteiger partial charge in [-0.05, 0) is 96.8 Å². The molecule has 1 N–H and O–H groups in total. The van der Waals surface area contributed by atoms with Gasteiger partial charge >= 0.3 is 11.9 Å². The number of carboxylic acids is 1. The second kappa shape index (κ2) is 28.5. The van der Waals surface area contributed by atoms with E-state index < -0.39 is 5.97 Å². The Morgan fingerprint density at radius 2 is 1.31 bits per heavy atom. The first-order valence-electron chi connectivity index (χ1n) is 21.0. The van der Waals surface area contributed by atoms with Crippen molar-refractivity contribution >= 4 is 11.9 Å². The van der Waals surface area contributed by atoms with Crippen LogP contribution in [0.2, 0.25) is 0 Å². The van der Waals surface area contributed by atoms with Crippen molar-refractivity contribution in [1.29, 1.82) is 0 Å². The molecule has 0 aromatic rings. The molecule has 1 saturated heterocycles. The number of hydrogen-bond donors (Lipinski definition) is 1. The number of carbonyl (C=O) groups excluding carboxylic acids is 1. The van der Waals surface area contributed by atoms with Crippen LogP contribution < -0.4 is 0 Å². The average molecular weight is 678 g/mol. The number of rotatable bonds is 32. The third-order valence-electron chi connectivity index (χ3n) is 11.3. The first-order valence-corrected chi connectivity index (χ1v) is 21.0. The Balaban J connectivity index is 1.74. The number of piperidine rings is 1. The van der Waals surface area contributed by atoms with Crippen molar-refractivity contribution in [3.8, 4) is 0 Å². The topological polar surface area (TPSA) is 73.3 Å².